The molecule has 3 amide bonds. The van der Waals surface area contributed by atoms with Crippen LogP contribution in [0.15, 0.2) is 58.6 Å². The highest BCUT2D eigenvalue weighted by molar-refractivity contribution is 9.10. The van der Waals surface area contributed by atoms with Crippen molar-refractivity contribution in [1.82, 2.24) is 5.32 Å². The van der Waals surface area contributed by atoms with Crippen molar-refractivity contribution >= 4 is 50.8 Å². The lowest BCUT2D eigenvalue weighted by molar-refractivity contribution is -0.140. The van der Waals surface area contributed by atoms with Gasteiger partial charge in [-0.2, -0.15) is 0 Å². The Morgan fingerprint density at radius 2 is 2.00 bits per heavy atom. The molecule has 1 aliphatic heterocycles. The molecule has 0 saturated carbocycles. The standard InChI is InChI=1S/C23H23BrClN3O3/c24-16-6-11-20-19(14-16)23(31,21(29)26-13-12-15-4-2-1-3-5-15)28(22(30)27-20)18-9-7-17(25)8-10-18/h4,6-11,14,31H,1-3,5,12-13H2,(H,26,29)(H,27,30). The minimum absolute atomic E-state index is 0.283. The van der Waals surface area contributed by atoms with E-state index in [4.69, 9.17) is 11.6 Å². The van der Waals surface area contributed by atoms with E-state index in [9.17, 15) is 14.7 Å². The molecule has 0 bridgehead atoms. The molecule has 2 aliphatic rings. The number of anilines is 2. The quantitative estimate of drug-likeness (QED) is 0.483. The van der Waals surface area contributed by atoms with Gasteiger partial charge in [-0.25, -0.2) is 4.79 Å². The second kappa shape index (κ2) is 9.02. The van der Waals surface area contributed by atoms with E-state index in [1.54, 1.807) is 42.5 Å². The van der Waals surface area contributed by atoms with Crippen molar-refractivity contribution in [3.63, 3.8) is 0 Å². The first-order valence-corrected chi connectivity index (χ1v) is 11.4. The van der Waals surface area contributed by atoms with Crippen molar-refractivity contribution in [2.24, 2.45) is 0 Å². The van der Waals surface area contributed by atoms with Gasteiger partial charge in [-0.05, 0) is 74.6 Å². The van der Waals surface area contributed by atoms with Gasteiger partial charge in [-0.1, -0.05) is 39.2 Å². The Bertz CT molecular complexity index is 1040. The van der Waals surface area contributed by atoms with Crippen LogP contribution in [0.5, 0.6) is 0 Å². The number of hydrogen-bond donors (Lipinski definition) is 3. The van der Waals surface area contributed by atoms with Gasteiger partial charge in [0.15, 0.2) is 0 Å². The summed E-state index contributed by atoms with van der Waals surface area (Å²) in [6.45, 7) is 0.381. The molecule has 6 nitrogen and oxygen atoms in total. The number of benzene rings is 2. The van der Waals surface area contributed by atoms with Crippen LogP contribution < -0.4 is 15.5 Å². The van der Waals surface area contributed by atoms with Gasteiger partial charge in [0, 0.05) is 27.3 Å². The predicted molar refractivity (Wildman–Crippen MR) is 125 cm³/mol. The van der Waals surface area contributed by atoms with Gasteiger partial charge in [0.1, 0.15) is 0 Å². The average molecular weight is 505 g/mol. The fraction of sp³-hybridized carbons (Fsp3) is 0.304. The molecule has 1 aliphatic carbocycles. The van der Waals surface area contributed by atoms with E-state index < -0.39 is 17.7 Å². The van der Waals surface area contributed by atoms with Crippen LogP contribution in [0.4, 0.5) is 16.2 Å². The van der Waals surface area contributed by atoms with Crippen LogP contribution in [0.25, 0.3) is 0 Å². The minimum atomic E-state index is -2.23. The molecule has 3 N–H and O–H groups in total. The Morgan fingerprint density at radius 3 is 2.71 bits per heavy atom. The average Bonchev–Trinajstić information content (AvgIpc) is 2.76. The van der Waals surface area contributed by atoms with E-state index in [1.165, 1.54) is 12.0 Å². The highest BCUT2D eigenvalue weighted by Gasteiger charge is 2.52. The van der Waals surface area contributed by atoms with Crippen LogP contribution in [0, 0.1) is 0 Å². The zero-order valence-electron chi connectivity index (χ0n) is 16.8. The molecule has 2 aromatic carbocycles. The number of halogens is 2. The van der Waals surface area contributed by atoms with Gasteiger partial charge >= 0.3 is 6.03 Å². The number of nitrogens with zero attached hydrogens (tertiary/aromatic N) is 1. The topological polar surface area (TPSA) is 81.7 Å². The third-order valence-corrected chi connectivity index (χ3v) is 6.39. The summed E-state index contributed by atoms with van der Waals surface area (Å²) in [5, 5.41) is 17.9. The number of carbonyl (C=O) groups excluding carboxylic acids is 2. The normalized spacial score (nSPS) is 20.5. The highest BCUT2D eigenvalue weighted by Crippen LogP contribution is 2.41. The fourth-order valence-corrected chi connectivity index (χ4v) is 4.55. The van der Waals surface area contributed by atoms with Crippen molar-refractivity contribution in [1.29, 1.82) is 0 Å². The molecule has 8 heteroatoms. The lowest BCUT2D eigenvalue weighted by Gasteiger charge is -2.42. The minimum Gasteiger partial charge on any atom is -0.359 e. The van der Waals surface area contributed by atoms with Crippen molar-refractivity contribution in [2.45, 2.75) is 37.8 Å². The number of urea groups is 1. The van der Waals surface area contributed by atoms with Crippen molar-refractivity contribution < 1.29 is 14.7 Å². The van der Waals surface area contributed by atoms with Crippen LogP contribution in [-0.2, 0) is 10.5 Å². The number of nitrogens with one attached hydrogen (secondary N) is 2. The van der Waals surface area contributed by atoms with E-state index in [-0.39, 0.29) is 5.56 Å². The van der Waals surface area contributed by atoms with Crippen molar-refractivity contribution in [3.8, 4) is 0 Å². The molecular formula is C23H23BrClN3O3. The van der Waals surface area contributed by atoms with Crippen molar-refractivity contribution in [2.75, 3.05) is 16.8 Å². The molecule has 4 rings (SSSR count). The van der Waals surface area contributed by atoms with E-state index in [0.717, 1.165) is 30.6 Å². The number of rotatable bonds is 5. The van der Waals surface area contributed by atoms with E-state index in [2.05, 4.69) is 32.6 Å². The molecule has 0 aromatic heterocycles. The number of allylic oxidation sites excluding steroid dienone is 1. The first kappa shape index (κ1) is 21.9. The number of carbonyl (C=O) groups is 2. The maximum atomic E-state index is 13.4. The second-order valence-corrected chi connectivity index (χ2v) is 9.07. The Balaban J connectivity index is 1.68. The van der Waals surface area contributed by atoms with Gasteiger partial charge in [-0.15, -0.1) is 0 Å². The van der Waals surface area contributed by atoms with Gasteiger partial charge < -0.3 is 15.7 Å². The molecule has 31 heavy (non-hydrogen) atoms. The number of hydrogen-bond acceptors (Lipinski definition) is 3. The van der Waals surface area contributed by atoms with Crippen LogP contribution in [-0.4, -0.2) is 23.6 Å². The molecule has 0 saturated heterocycles. The SMILES string of the molecule is O=C1Nc2ccc(Br)cc2C(O)(C(=O)NCCC2=CCCCC2)N1c1ccc(Cl)cc1. The first-order chi connectivity index (χ1) is 14.9. The summed E-state index contributed by atoms with van der Waals surface area (Å²) in [6, 6.07) is 10.8. The molecule has 1 unspecified atom stereocenters. The zero-order valence-corrected chi connectivity index (χ0v) is 19.2. The Kier molecular flexibility index (Phi) is 6.36. The second-order valence-electron chi connectivity index (χ2n) is 7.72. The highest BCUT2D eigenvalue weighted by atomic mass is 79.9. The summed E-state index contributed by atoms with van der Waals surface area (Å²) in [4.78, 5) is 27.4. The predicted octanol–water partition coefficient (Wildman–Crippen LogP) is 5.31. The zero-order chi connectivity index (χ0) is 22.0. The van der Waals surface area contributed by atoms with Gasteiger partial charge in [0.05, 0.1) is 5.69 Å². The maximum absolute atomic E-state index is 13.4. The molecule has 1 heterocycles. The van der Waals surface area contributed by atoms with Crippen LogP contribution in [0.3, 0.4) is 0 Å². The molecule has 2 aromatic rings. The van der Waals surface area contributed by atoms with E-state index >= 15 is 0 Å². The third kappa shape index (κ3) is 4.35. The van der Waals surface area contributed by atoms with Crippen molar-refractivity contribution in [3.05, 3.63) is 69.2 Å². The monoisotopic (exact) mass is 503 g/mol. The van der Waals surface area contributed by atoms with Gasteiger partial charge in [-0.3, -0.25) is 9.69 Å². The summed E-state index contributed by atoms with van der Waals surface area (Å²) >= 11 is 9.39. The molecule has 0 spiro atoms. The number of amides is 3. The lowest BCUT2D eigenvalue weighted by atomic mass is 9.94. The van der Waals surface area contributed by atoms with E-state index in [1.807, 2.05) is 0 Å². The van der Waals surface area contributed by atoms with E-state index in [0.29, 0.717) is 27.4 Å². The maximum Gasteiger partial charge on any atom is 0.329 e. The Hall–Kier alpha value is -2.35. The molecule has 0 fully saturated rings. The molecule has 0 radical (unpaired) electrons. The van der Waals surface area contributed by atoms with Gasteiger partial charge in [0.25, 0.3) is 11.6 Å². The number of fused-ring (bicyclic) bond motifs is 1. The van der Waals surface area contributed by atoms with Crippen LogP contribution >= 0.6 is 27.5 Å². The summed E-state index contributed by atoms with van der Waals surface area (Å²) < 4.78 is 0.678. The van der Waals surface area contributed by atoms with Gasteiger partial charge in [0.2, 0.25) is 0 Å². The lowest BCUT2D eigenvalue weighted by Crippen LogP contribution is -2.62. The summed E-state index contributed by atoms with van der Waals surface area (Å²) in [6.07, 6.45) is 7.42. The summed E-state index contributed by atoms with van der Waals surface area (Å²) in [7, 11) is 0. The third-order valence-electron chi connectivity index (χ3n) is 5.64. The Labute approximate surface area is 194 Å². The summed E-state index contributed by atoms with van der Waals surface area (Å²) in [5.41, 5.74) is 0.102. The fourth-order valence-electron chi connectivity index (χ4n) is 4.06. The molecule has 162 valence electrons. The number of aliphatic hydroxyl groups is 1. The molecular weight excluding hydrogens is 482 g/mol. The smallest absolute Gasteiger partial charge is 0.329 e. The first-order valence-electron chi connectivity index (χ1n) is 10.2. The largest absolute Gasteiger partial charge is 0.359 e. The Morgan fingerprint density at radius 1 is 1.23 bits per heavy atom. The summed E-state index contributed by atoms with van der Waals surface area (Å²) in [5.74, 6) is -0.659. The van der Waals surface area contributed by atoms with Crippen LogP contribution in [0.2, 0.25) is 5.02 Å². The molecule has 1 atom stereocenters. The van der Waals surface area contributed by atoms with Crippen LogP contribution in [0.1, 0.15) is 37.7 Å².